The molecule has 2 unspecified atom stereocenters. The fourth-order valence-electron chi connectivity index (χ4n) is 2.82. The SMILES string of the molecule is CCCNC(c1c(Cl)cnn1C)C1(C)CCCCO1. The van der Waals surface area contributed by atoms with Crippen molar-refractivity contribution in [2.45, 2.75) is 51.2 Å². The van der Waals surface area contributed by atoms with E-state index in [9.17, 15) is 0 Å². The van der Waals surface area contributed by atoms with E-state index in [1.807, 2.05) is 11.7 Å². The standard InChI is InChI=1S/C14H24ClN3O/c1-4-8-16-13(12-11(15)10-17-18(12)3)14(2)7-5-6-9-19-14/h10,13,16H,4-9H2,1-3H3. The Morgan fingerprint density at radius 3 is 2.89 bits per heavy atom. The van der Waals surface area contributed by atoms with Crippen LogP contribution in [-0.2, 0) is 11.8 Å². The summed E-state index contributed by atoms with van der Waals surface area (Å²) in [4.78, 5) is 0. The first-order valence-corrected chi connectivity index (χ1v) is 7.51. The van der Waals surface area contributed by atoms with Gasteiger partial charge in [-0.25, -0.2) is 0 Å². The van der Waals surface area contributed by atoms with Gasteiger partial charge in [0.05, 0.1) is 28.6 Å². The fraction of sp³-hybridized carbons (Fsp3) is 0.786. The third-order valence-corrected chi connectivity index (χ3v) is 4.21. The minimum absolute atomic E-state index is 0.0905. The van der Waals surface area contributed by atoms with E-state index >= 15 is 0 Å². The van der Waals surface area contributed by atoms with E-state index in [2.05, 4.69) is 24.3 Å². The molecule has 1 aliphatic rings. The Morgan fingerprint density at radius 2 is 2.37 bits per heavy atom. The minimum atomic E-state index is -0.204. The van der Waals surface area contributed by atoms with E-state index in [0.29, 0.717) is 5.02 Å². The minimum Gasteiger partial charge on any atom is -0.373 e. The summed E-state index contributed by atoms with van der Waals surface area (Å²) >= 11 is 6.32. The van der Waals surface area contributed by atoms with Crippen LogP contribution in [-0.4, -0.2) is 28.5 Å². The van der Waals surface area contributed by atoms with Gasteiger partial charge in [-0.05, 0) is 39.2 Å². The number of rotatable bonds is 5. The molecule has 0 spiro atoms. The van der Waals surface area contributed by atoms with Crippen LogP contribution in [0.4, 0.5) is 0 Å². The van der Waals surface area contributed by atoms with Crippen molar-refractivity contribution in [3.05, 3.63) is 16.9 Å². The molecule has 4 nitrogen and oxygen atoms in total. The normalized spacial score (nSPS) is 25.5. The van der Waals surface area contributed by atoms with E-state index < -0.39 is 0 Å². The highest BCUT2D eigenvalue weighted by molar-refractivity contribution is 6.31. The Hall–Kier alpha value is -0.580. The second-order valence-electron chi connectivity index (χ2n) is 5.51. The first-order valence-electron chi connectivity index (χ1n) is 7.13. The first-order chi connectivity index (χ1) is 9.08. The Balaban J connectivity index is 2.29. The number of nitrogens with zero attached hydrogens (tertiary/aromatic N) is 2. The third-order valence-electron chi connectivity index (χ3n) is 3.92. The number of aromatic nitrogens is 2. The van der Waals surface area contributed by atoms with Gasteiger partial charge in [-0.3, -0.25) is 4.68 Å². The topological polar surface area (TPSA) is 39.1 Å². The summed E-state index contributed by atoms with van der Waals surface area (Å²) in [5.74, 6) is 0. The van der Waals surface area contributed by atoms with Crippen molar-refractivity contribution >= 4 is 11.6 Å². The van der Waals surface area contributed by atoms with Crippen LogP contribution < -0.4 is 5.32 Å². The maximum Gasteiger partial charge on any atom is 0.0864 e. The number of hydrogen-bond acceptors (Lipinski definition) is 3. The zero-order valence-electron chi connectivity index (χ0n) is 12.1. The van der Waals surface area contributed by atoms with Gasteiger partial charge in [-0.15, -0.1) is 0 Å². The Kier molecular flexibility index (Phi) is 4.87. The second kappa shape index (κ2) is 6.25. The molecule has 1 aliphatic heterocycles. The van der Waals surface area contributed by atoms with Crippen molar-refractivity contribution in [3.8, 4) is 0 Å². The van der Waals surface area contributed by atoms with Gasteiger partial charge >= 0.3 is 0 Å². The van der Waals surface area contributed by atoms with Crippen LogP contribution in [0.2, 0.25) is 5.02 Å². The highest BCUT2D eigenvalue weighted by atomic mass is 35.5. The van der Waals surface area contributed by atoms with Crippen LogP contribution in [0.15, 0.2) is 6.20 Å². The van der Waals surface area contributed by atoms with Crippen molar-refractivity contribution in [1.29, 1.82) is 0 Å². The molecule has 1 saturated heterocycles. The molecule has 1 N–H and O–H groups in total. The molecule has 2 atom stereocenters. The molecular formula is C14H24ClN3O. The Labute approximate surface area is 120 Å². The monoisotopic (exact) mass is 285 g/mol. The summed E-state index contributed by atoms with van der Waals surface area (Å²) in [6.07, 6.45) is 6.20. The highest BCUT2D eigenvalue weighted by Gasteiger charge is 2.40. The molecule has 1 fully saturated rings. The summed E-state index contributed by atoms with van der Waals surface area (Å²) in [5.41, 5.74) is 0.824. The van der Waals surface area contributed by atoms with E-state index in [4.69, 9.17) is 16.3 Å². The first kappa shape index (κ1) is 14.8. The number of aryl methyl sites for hydroxylation is 1. The van der Waals surface area contributed by atoms with E-state index in [0.717, 1.165) is 38.1 Å². The number of hydrogen-bond donors (Lipinski definition) is 1. The van der Waals surface area contributed by atoms with E-state index in [-0.39, 0.29) is 11.6 Å². The Morgan fingerprint density at radius 1 is 1.58 bits per heavy atom. The van der Waals surface area contributed by atoms with Crippen molar-refractivity contribution in [2.75, 3.05) is 13.2 Å². The summed E-state index contributed by atoms with van der Waals surface area (Å²) < 4.78 is 7.96. The van der Waals surface area contributed by atoms with Crippen LogP contribution in [0.1, 0.15) is 51.3 Å². The molecule has 0 radical (unpaired) electrons. The van der Waals surface area contributed by atoms with Gasteiger partial charge in [0, 0.05) is 13.7 Å². The van der Waals surface area contributed by atoms with Crippen LogP contribution in [0.5, 0.6) is 0 Å². The molecule has 0 saturated carbocycles. The molecule has 0 bridgehead atoms. The van der Waals surface area contributed by atoms with E-state index in [1.54, 1.807) is 6.20 Å². The smallest absolute Gasteiger partial charge is 0.0864 e. The van der Waals surface area contributed by atoms with Crippen LogP contribution in [0.25, 0.3) is 0 Å². The van der Waals surface area contributed by atoms with Gasteiger partial charge in [0.1, 0.15) is 0 Å². The lowest BCUT2D eigenvalue weighted by molar-refractivity contribution is -0.0911. The average Bonchev–Trinajstić information content (AvgIpc) is 2.72. The van der Waals surface area contributed by atoms with Crippen LogP contribution in [0.3, 0.4) is 0 Å². The molecule has 108 valence electrons. The molecule has 2 rings (SSSR count). The van der Waals surface area contributed by atoms with Crippen molar-refractivity contribution in [3.63, 3.8) is 0 Å². The maximum atomic E-state index is 6.32. The van der Waals surface area contributed by atoms with Crippen molar-refractivity contribution < 1.29 is 4.74 Å². The predicted octanol–water partition coefficient (Wildman–Crippen LogP) is 3.07. The van der Waals surface area contributed by atoms with E-state index in [1.165, 1.54) is 6.42 Å². The number of nitrogens with one attached hydrogen (secondary N) is 1. The van der Waals surface area contributed by atoms with Crippen LogP contribution >= 0.6 is 11.6 Å². The molecule has 19 heavy (non-hydrogen) atoms. The summed E-state index contributed by atoms with van der Waals surface area (Å²) in [6.45, 7) is 6.13. The summed E-state index contributed by atoms with van der Waals surface area (Å²) in [5, 5.41) is 8.57. The lowest BCUT2D eigenvalue weighted by atomic mass is 9.86. The largest absolute Gasteiger partial charge is 0.373 e. The zero-order chi connectivity index (χ0) is 13.9. The average molecular weight is 286 g/mol. The predicted molar refractivity (Wildman–Crippen MR) is 77.5 cm³/mol. The molecule has 0 amide bonds. The van der Waals surface area contributed by atoms with Gasteiger partial charge < -0.3 is 10.1 Å². The highest BCUT2D eigenvalue weighted by Crippen LogP contribution is 2.38. The third kappa shape index (κ3) is 3.12. The lowest BCUT2D eigenvalue weighted by Gasteiger charge is -2.41. The van der Waals surface area contributed by atoms with Crippen molar-refractivity contribution in [2.24, 2.45) is 7.05 Å². The molecule has 1 aromatic rings. The molecule has 0 aliphatic carbocycles. The lowest BCUT2D eigenvalue weighted by Crippen LogP contribution is -2.47. The quantitative estimate of drug-likeness (QED) is 0.904. The summed E-state index contributed by atoms with van der Waals surface area (Å²) in [7, 11) is 1.94. The molecular weight excluding hydrogens is 262 g/mol. The molecule has 0 aromatic carbocycles. The zero-order valence-corrected chi connectivity index (χ0v) is 12.8. The second-order valence-corrected chi connectivity index (χ2v) is 5.91. The van der Waals surface area contributed by atoms with Crippen molar-refractivity contribution in [1.82, 2.24) is 15.1 Å². The molecule has 2 heterocycles. The van der Waals surface area contributed by atoms with Gasteiger partial charge in [0.15, 0.2) is 0 Å². The Bertz CT molecular complexity index is 393. The summed E-state index contributed by atoms with van der Waals surface area (Å²) in [6, 6.07) is 0.0905. The van der Waals surface area contributed by atoms with Gasteiger partial charge in [0.2, 0.25) is 0 Å². The number of ether oxygens (including phenoxy) is 1. The van der Waals surface area contributed by atoms with Gasteiger partial charge in [0.25, 0.3) is 0 Å². The van der Waals surface area contributed by atoms with Gasteiger partial charge in [-0.2, -0.15) is 5.10 Å². The fourth-order valence-corrected chi connectivity index (χ4v) is 3.09. The molecule has 5 heteroatoms. The molecule has 1 aromatic heterocycles. The maximum absolute atomic E-state index is 6.32. The van der Waals surface area contributed by atoms with Crippen LogP contribution in [0, 0.1) is 0 Å². The number of halogens is 1. The van der Waals surface area contributed by atoms with Gasteiger partial charge in [-0.1, -0.05) is 18.5 Å².